The predicted octanol–water partition coefficient (Wildman–Crippen LogP) is 13.4. The topological polar surface area (TPSA) is 12.9 Å². The molecule has 1 heteroatoms. The van der Waals surface area contributed by atoms with E-state index in [0.717, 1.165) is 33.5 Å². The number of aromatic nitrogens is 1. The van der Waals surface area contributed by atoms with Crippen LogP contribution in [0.25, 0.3) is 88.4 Å². The van der Waals surface area contributed by atoms with Gasteiger partial charge in [-0.15, -0.1) is 0 Å². The maximum Gasteiger partial charge on any atom is 0.0780 e. The van der Waals surface area contributed by atoms with Crippen molar-refractivity contribution in [1.82, 2.24) is 4.98 Å². The monoisotopic (exact) mass is 635 g/mol. The van der Waals surface area contributed by atoms with Gasteiger partial charge in [-0.05, 0) is 78.2 Å². The summed E-state index contributed by atoms with van der Waals surface area (Å²) in [6.07, 6.45) is 1.99. The molecule has 0 saturated heterocycles. The molecule has 234 valence electrons. The van der Waals surface area contributed by atoms with E-state index in [1.807, 2.05) is 12.3 Å². The standard InChI is InChI=1S/C49H33N/c1-5-15-34(16-6-1)41-32-45(36-17-7-2-8-18-36)49(50-33-41)39-27-25-35(26-28-39)40-29-30-44-46(31-40)48(38-21-11-4-12-22-38)43-24-14-13-23-42(43)47(44)37-19-9-3-10-20-37/h1-33H. The summed E-state index contributed by atoms with van der Waals surface area (Å²) in [7, 11) is 0. The highest BCUT2D eigenvalue weighted by atomic mass is 14.7. The first kappa shape index (κ1) is 29.6. The van der Waals surface area contributed by atoms with Crippen LogP contribution in [0.3, 0.4) is 0 Å². The lowest BCUT2D eigenvalue weighted by atomic mass is 9.85. The van der Waals surface area contributed by atoms with Crippen molar-refractivity contribution in [3.63, 3.8) is 0 Å². The Hall–Kier alpha value is -6.57. The zero-order valence-corrected chi connectivity index (χ0v) is 27.5. The zero-order valence-electron chi connectivity index (χ0n) is 27.5. The van der Waals surface area contributed by atoms with E-state index in [4.69, 9.17) is 4.98 Å². The minimum absolute atomic E-state index is 0.978. The van der Waals surface area contributed by atoms with Gasteiger partial charge in [-0.3, -0.25) is 4.98 Å². The summed E-state index contributed by atoms with van der Waals surface area (Å²) in [6.45, 7) is 0. The highest BCUT2D eigenvalue weighted by molar-refractivity contribution is 6.22. The number of pyridine rings is 1. The largest absolute Gasteiger partial charge is 0.255 e. The fourth-order valence-corrected chi connectivity index (χ4v) is 7.33. The molecule has 9 rings (SSSR count). The smallest absolute Gasteiger partial charge is 0.0780 e. The van der Waals surface area contributed by atoms with Gasteiger partial charge in [0.05, 0.1) is 5.69 Å². The number of hydrogen-bond acceptors (Lipinski definition) is 1. The maximum absolute atomic E-state index is 5.06. The molecular formula is C49H33N. The van der Waals surface area contributed by atoms with Gasteiger partial charge in [0.1, 0.15) is 0 Å². The molecule has 0 amide bonds. The summed E-state index contributed by atoms with van der Waals surface area (Å²) in [6, 6.07) is 69.6. The lowest BCUT2D eigenvalue weighted by molar-refractivity contribution is 1.32. The van der Waals surface area contributed by atoms with Gasteiger partial charge in [-0.1, -0.05) is 182 Å². The van der Waals surface area contributed by atoms with Gasteiger partial charge in [0.2, 0.25) is 0 Å². The molecule has 0 N–H and O–H groups in total. The average molecular weight is 636 g/mol. The van der Waals surface area contributed by atoms with E-state index < -0.39 is 0 Å². The van der Waals surface area contributed by atoms with Crippen molar-refractivity contribution in [2.45, 2.75) is 0 Å². The summed E-state index contributed by atoms with van der Waals surface area (Å²) in [4.78, 5) is 5.06. The fraction of sp³-hybridized carbons (Fsp3) is 0. The third-order valence-electron chi connectivity index (χ3n) is 9.72. The first-order chi connectivity index (χ1) is 24.8. The molecule has 8 aromatic carbocycles. The first-order valence-corrected chi connectivity index (χ1v) is 17.1. The summed E-state index contributed by atoms with van der Waals surface area (Å²) in [5.74, 6) is 0. The molecule has 0 atom stereocenters. The quantitative estimate of drug-likeness (QED) is 0.166. The lowest BCUT2D eigenvalue weighted by Gasteiger charge is -2.19. The Morgan fingerprint density at radius 3 is 1.26 bits per heavy atom. The van der Waals surface area contributed by atoms with E-state index in [1.54, 1.807) is 0 Å². The van der Waals surface area contributed by atoms with Crippen molar-refractivity contribution in [2.24, 2.45) is 0 Å². The Morgan fingerprint density at radius 2 is 0.680 bits per heavy atom. The number of benzene rings is 8. The Kier molecular flexibility index (Phi) is 7.57. The van der Waals surface area contributed by atoms with Crippen LogP contribution < -0.4 is 0 Å². The molecule has 0 bridgehead atoms. The van der Waals surface area contributed by atoms with Crippen LogP contribution >= 0.6 is 0 Å². The minimum Gasteiger partial charge on any atom is -0.255 e. The number of hydrogen-bond donors (Lipinski definition) is 0. The van der Waals surface area contributed by atoms with Crippen LogP contribution in [0, 0.1) is 0 Å². The normalized spacial score (nSPS) is 11.2. The van der Waals surface area contributed by atoms with E-state index in [1.165, 1.54) is 54.9 Å². The van der Waals surface area contributed by atoms with Crippen LogP contribution in [0.15, 0.2) is 200 Å². The molecular weight excluding hydrogens is 603 g/mol. The van der Waals surface area contributed by atoms with Crippen LogP contribution in [-0.2, 0) is 0 Å². The Bertz CT molecular complexity index is 2590. The molecule has 0 spiro atoms. The second-order valence-corrected chi connectivity index (χ2v) is 12.7. The Balaban J connectivity index is 1.20. The minimum atomic E-state index is 0.978. The molecule has 0 aliphatic rings. The van der Waals surface area contributed by atoms with E-state index in [-0.39, 0.29) is 0 Å². The van der Waals surface area contributed by atoms with Gasteiger partial charge in [0.25, 0.3) is 0 Å². The number of nitrogens with zero attached hydrogens (tertiary/aromatic N) is 1. The van der Waals surface area contributed by atoms with Gasteiger partial charge in [-0.25, -0.2) is 0 Å². The maximum atomic E-state index is 5.06. The van der Waals surface area contributed by atoms with Crippen LogP contribution in [0.5, 0.6) is 0 Å². The summed E-state index contributed by atoms with van der Waals surface area (Å²) in [5.41, 5.74) is 14.0. The fourth-order valence-electron chi connectivity index (χ4n) is 7.33. The van der Waals surface area contributed by atoms with E-state index in [0.29, 0.717) is 0 Å². The van der Waals surface area contributed by atoms with Gasteiger partial charge < -0.3 is 0 Å². The average Bonchev–Trinajstić information content (AvgIpc) is 3.21. The van der Waals surface area contributed by atoms with E-state index in [9.17, 15) is 0 Å². The van der Waals surface area contributed by atoms with Crippen molar-refractivity contribution >= 4 is 21.5 Å². The highest BCUT2D eigenvalue weighted by Gasteiger charge is 2.18. The van der Waals surface area contributed by atoms with Gasteiger partial charge in [0, 0.05) is 22.9 Å². The molecule has 1 heterocycles. The summed E-state index contributed by atoms with van der Waals surface area (Å²) < 4.78 is 0. The van der Waals surface area contributed by atoms with Crippen molar-refractivity contribution in [2.75, 3.05) is 0 Å². The second-order valence-electron chi connectivity index (χ2n) is 12.7. The highest BCUT2D eigenvalue weighted by Crippen LogP contribution is 2.45. The second kappa shape index (κ2) is 12.8. The van der Waals surface area contributed by atoms with Gasteiger partial charge in [-0.2, -0.15) is 0 Å². The molecule has 0 radical (unpaired) electrons. The molecule has 1 nitrogen and oxygen atoms in total. The molecule has 0 aliphatic carbocycles. The SMILES string of the molecule is c1ccc(-c2cnc(-c3ccc(-c4ccc5c(-c6ccccc6)c6ccccc6c(-c6ccccc6)c5c4)cc3)c(-c3ccccc3)c2)cc1. The third-order valence-corrected chi connectivity index (χ3v) is 9.72. The molecule has 0 saturated carbocycles. The van der Waals surface area contributed by atoms with E-state index in [2.05, 4.69) is 188 Å². The molecule has 0 aliphatic heterocycles. The summed E-state index contributed by atoms with van der Waals surface area (Å²) in [5, 5.41) is 5.03. The van der Waals surface area contributed by atoms with Gasteiger partial charge >= 0.3 is 0 Å². The van der Waals surface area contributed by atoms with Crippen molar-refractivity contribution in [3.8, 4) is 66.9 Å². The molecule has 0 fully saturated rings. The van der Waals surface area contributed by atoms with Crippen LogP contribution in [0.1, 0.15) is 0 Å². The first-order valence-electron chi connectivity index (χ1n) is 17.1. The predicted molar refractivity (Wildman–Crippen MR) is 212 cm³/mol. The van der Waals surface area contributed by atoms with Gasteiger partial charge in [0.15, 0.2) is 0 Å². The van der Waals surface area contributed by atoms with Crippen molar-refractivity contribution in [3.05, 3.63) is 200 Å². The molecule has 0 unspecified atom stereocenters. The number of fused-ring (bicyclic) bond motifs is 2. The summed E-state index contributed by atoms with van der Waals surface area (Å²) >= 11 is 0. The Labute approximate surface area is 292 Å². The van der Waals surface area contributed by atoms with Crippen LogP contribution in [-0.4, -0.2) is 4.98 Å². The van der Waals surface area contributed by atoms with Crippen molar-refractivity contribution < 1.29 is 0 Å². The molecule has 1 aromatic heterocycles. The molecule has 9 aromatic rings. The van der Waals surface area contributed by atoms with Crippen molar-refractivity contribution in [1.29, 1.82) is 0 Å². The Morgan fingerprint density at radius 1 is 0.260 bits per heavy atom. The van der Waals surface area contributed by atoms with Crippen LogP contribution in [0.2, 0.25) is 0 Å². The molecule has 50 heavy (non-hydrogen) atoms. The lowest BCUT2D eigenvalue weighted by Crippen LogP contribution is -1.92. The number of rotatable bonds is 6. The zero-order chi connectivity index (χ0) is 33.3. The van der Waals surface area contributed by atoms with Crippen LogP contribution in [0.4, 0.5) is 0 Å². The third kappa shape index (κ3) is 5.36. The van der Waals surface area contributed by atoms with E-state index >= 15 is 0 Å².